The molecule has 4 aromatic rings. The maximum absolute atomic E-state index is 13.7. The minimum atomic E-state index is -1.22. The summed E-state index contributed by atoms with van der Waals surface area (Å²) in [5, 5.41) is 29.4. The van der Waals surface area contributed by atoms with Crippen LogP contribution in [0.1, 0.15) is 40.9 Å². The van der Waals surface area contributed by atoms with Crippen molar-refractivity contribution in [2.24, 2.45) is 4.99 Å². The number of guanidine groups is 1. The van der Waals surface area contributed by atoms with Crippen molar-refractivity contribution in [3.05, 3.63) is 83.6 Å². The van der Waals surface area contributed by atoms with Crippen LogP contribution in [0.3, 0.4) is 0 Å². The quantitative estimate of drug-likeness (QED) is 0.327. The molecule has 10 heteroatoms. The van der Waals surface area contributed by atoms with Gasteiger partial charge < -0.3 is 15.5 Å². The number of nitrogens with zero attached hydrogens (tertiary/aromatic N) is 6. The van der Waals surface area contributed by atoms with Gasteiger partial charge in [-0.15, -0.1) is 0 Å². The molecule has 0 unspecified atom stereocenters. The lowest BCUT2D eigenvalue weighted by molar-refractivity contribution is 0.0512. The Labute approximate surface area is 231 Å². The Bertz CT molecular complexity index is 1660. The fourth-order valence-electron chi connectivity index (χ4n) is 5.92. The van der Waals surface area contributed by atoms with Crippen molar-refractivity contribution >= 4 is 29.2 Å². The van der Waals surface area contributed by atoms with Crippen LogP contribution in [-0.2, 0) is 6.54 Å². The molecule has 202 valence electrons. The Balaban J connectivity index is 1.30. The smallest absolute Gasteiger partial charge is 0.267 e. The lowest BCUT2D eigenvalue weighted by Gasteiger charge is -2.34. The number of aryl methyl sites for hydroxylation is 1. The number of anilines is 3. The second kappa shape index (κ2) is 8.92. The van der Waals surface area contributed by atoms with Crippen LogP contribution < -0.4 is 10.2 Å². The molecule has 2 aromatic carbocycles. The number of phenolic OH excluding ortho intramolecular Hbond substituents is 1. The summed E-state index contributed by atoms with van der Waals surface area (Å²) in [6.07, 6.45) is 2.16. The van der Waals surface area contributed by atoms with Crippen molar-refractivity contribution in [1.82, 2.24) is 19.7 Å². The zero-order valence-electron chi connectivity index (χ0n) is 22.2. The van der Waals surface area contributed by atoms with E-state index in [4.69, 9.17) is 5.10 Å². The number of hydrogen-bond acceptors (Lipinski definition) is 8. The number of carbonyl (C=O) groups is 1. The third-order valence-corrected chi connectivity index (χ3v) is 7.96. The summed E-state index contributed by atoms with van der Waals surface area (Å²) >= 11 is 0. The van der Waals surface area contributed by atoms with E-state index in [1.165, 1.54) is 4.90 Å². The Morgan fingerprint density at radius 2 is 1.85 bits per heavy atom. The Morgan fingerprint density at radius 1 is 1.07 bits per heavy atom. The van der Waals surface area contributed by atoms with Crippen LogP contribution in [0.25, 0.3) is 11.3 Å². The molecule has 3 N–H and O–H groups in total. The van der Waals surface area contributed by atoms with E-state index in [9.17, 15) is 15.0 Å². The van der Waals surface area contributed by atoms with Crippen molar-refractivity contribution in [3.63, 3.8) is 0 Å². The third-order valence-electron chi connectivity index (χ3n) is 7.96. The predicted molar refractivity (Wildman–Crippen MR) is 152 cm³/mol. The van der Waals surface area contributed by atoms with Crippen molar-refractivity contribution < 1.29 is 15.0 Å². The maximum Gasteiger partial charge on any atom is 0.267 e. The molecule has 1 aliphatic carbocycles. The van der Waals surface area contributed by atoms with Gasteiger partial charge in [0.1, 0.15) is 17.1 Å². The number of aliphatic hydroxyl groups is 1. The van der Waals surface area contributed by atoms with Crippen LogP contribution in [-0.4, -0.2) is 60.6 Å². The SMILES string of the molecule is Cc1cccc(-c2ccc(Cn3nc4c(c3Nc3ccc(O)cc3)C(=O)N(C)C3=N[C@]5(O)CCC[C@@H]5N34)cc2)n1. The van der Waals surface area contributed by atoms with Crippen molar-refractivity contribution in [3.8, 4) is 17.0 Å². The van der Waals surface area contributed by atoms with Crippen molar-refractivity contribution in [2.75, 3.05) is 17.3 Å². The van der Waals surface area contributed by atoms with Gasteiger partial charge in [-0.1, -0.05) is 30.3 Å². The summed E-state index contributed by atoms with van der Waals surface area (Å²) in [5.41, 5.74) is 3.79. The largest absolute Gasteiger partial charge is 0.508 e. The minimum Gasteiger partial charge on any atom is -0.508 e. The summed E-state index contributed by atoms with van der Waals surface area (Å²) in [4.78, 5) is 26.4. The number of phenols is 1. The molecule has 1 amide bonds. The molecule has 7 rings (SSSR count). The number of amides is 1. The van der Waals surface area contributed by atoms with E-state index >= 15 is 0 Å². The molecule has 3 aliphatic rings. The maximum atomic E-state index is 13.7. The second-order valence-electron chi connectivity index (χ2n) is 10.7. The van der Waals surface area contributed by atoms with Crippen molar-refractivity contribution in [1.29, 1.82) is 0 Å². The number of benzene rings is 2. The molecule has 1 saturated carbocycles. The van der Waals surface area contributed by atoms with Gasteiger partial charge in [0.15, 0.2) is 11.5 Å². The van der Waals surface area contributed by atoms with Gasteiger partial charge in [0.05, 0.1) is 18.3 Å². The standard InChI is InChI=1S/C30H29N7O3/c1-18-5-3-6-23(31-18)20-10-8-19(9-11-20)17-36-26(32-21-12-14-22(38)15-13-21)25-27(34-36)37-24-7-4-16-30(24,40)33-29(37)35(2)28(25)39/h3,5-6,8-15,24,32,38,40H,4,7,16-17H2,1-2H3/t24-,30-/m0/s1. The average molecular weight is 536 g/mol. The number of hydrogen-bond donors (Lipinski definition) is 3. The topological polar surface area (TPSA) is 119 Å². The van der Waals surface area contributed by atoms with Gasteiger partial charge in [-0.05, 0) is 68.1 Å². The normalized spacial score (nSPS) is 21.2. The van der Waals surface area contributed by atoms with E-state index in [0.29, 0.717) is 41.8 Å². The molecular formula is C30H29N7O3. The van der Waals surface area contributed by atoms with Gasteiger partial charge in [0.25, 0.3) is 5.91 Å². The number of aromatic nitrogens is 3. The molecule has 4 heterocycles. The number of aromatic hydroxyl groups is 1. The van der Waals surface area contributed by atoms with Gasteiger partial charge >= 0.3 is 0 Å². The van der Waals surface area contributed by atoms with Crippen LogP contribution in [0.4, 0.5) is 17.3 Å². The van der Waals surface area contributed by atoms with Gasteiger partial charge in [-0.25, -0.2) is 9.67 Å². The zero-order valence-corrected chi connectivity index (χ0v) is 22.2. The number of pyridine rings is 1. The molecule has 0 saturated heterocycles. The lowest BCUT2D eigenvalue weighted by atomic mass is 10.1. The molecule has 0 spiro atoms. The summed E-state index contributed by atoms with van der Waals surface area (Å²) in [7, 11) is 1.68. The van der Waals surface area contributed by atoms with E-state index < -0.39 is 5.72 Å². The van der Waals surface area contributed by atoms with E-state index in [1.807, 2.05) is 54.3 Å². The van der Waals surface area contributed by atoms with E-state index in [-0.39, 0.29) is 17.7 Å². The highest BCUT2D eigenvalue weighted by Crippen LogP contribution is 2.46. The first-order valence-electron chi connectivity index (χ1n) is 13.4. The Kier molecular flexibility index (Phi) is 5.43. The molecule has 0 radical (unpaired) electrons. The molecule has 10 nitrogen and oxygen atoms in total. The van der Waals surface area contributed by atoms with Crippen LogP contribution in [0, 0.1) is 6.92 Å². The summed E-state index contributed by atoms with van der Waals surface area (Å²) in [5.74, 6) is 1.36. The van der Waals surface area contributed by atoms with E-state index in [1.54, 1.807) is 36.0 Å². The first kappa shape index (κ1) is 24.3. The minimum absolute atomic E-state index is 0.151. The number of aliphatic imine (C=N–C) groups is 1. The number of carbonyl (C=O) groups excluding carboxylic acids is 1. The van der Waals surface area contributed by atoms with Crippen LogP contribution in [0.2, 0.25) is 0 Å². The van der Waals surface area contributed by atoms with Gasteiger partial charge in [0, 0.05) is 24.0 Å². The zero-order chi connectivity index (χ0) is 27.6. The van der Waals surface area contributed by atoms with Gasteiger partial charge in [-0.3, -0.25) is 19.6 Å². The monoisotopic (exact) mass is 535 g/mol. The highest BCUT2D eigenvalue weighted by molar-refractivity contribution is 6.21. The average Bonchev–Trinajstić information content (AvgIpc) is 3.58. The predicted octanol–water partition coefficient (Wildman–Crippen LogP) is 4.25. The number of nitrogens with one attached hydrogen (secondary N) is 1. The lowest BCUT2D eigenvalue weighted by Crippen LogP contribution is -2.52. The number of fused-ring (bicyclic) bond motifs is 5. The first-order valence-corrected chi connectivity index (χ1v) is 13.4. The molecule has 40 heavy (non-hydrogen) atoms. The van der Waals surface area contributed by atoms with Crippen LogP contribution in [0.15, 0.2) is 71.7 Å². The second-order valence-corrected chi connectivity index (χ2v) is 10.7. The Morgan fingerprint density at radius 3 is 2.60 bits per heavy atom. The molecule has 2 atom stereocenters. The molecule has 1 fully saturated rings. The van der Waals surface area contributed by atoms with E-state index in [2.05, 4.69) is 15.3 Å². The molecule has 2 aliphatic heterocycles. The van der Waals surface area contributed by atoms with Crippen molar-refractivity contribution in [2.45, 2.75) is 44.5 Å². The van der Waals surface area contributed by atoms with Crippen LogP contribution in [0.5, 0.6) is 5.75 Å². The van der Waals surface area contributed by atoms with Gasteiger partial charge in [-0.2, -0.15) is 5.10 Å². The first-order chi connectivity index (χ1) is 19.3. The molecule has 0 bridgehead atoms. The number of rotatable bonds is 5. The molecule has 2 aromatic heterocycles. The molecular weight excluding hydrogens is 506 g/mol. The highest BCUT2D eigenvalue weighted by Gasteiger charge is 2.56. The third kappa shape index (κ3) is 3.83. The summed E-state index contributed by atoms with van der Waals surface area (Å²) in [6.45, 7) is 2.38. The fourth-order valence-corrected chi connectivity index (χ4v) is 5.92. The Hall–Kier alpha value is -4.70. The van der Waals surface area contributed by atoms with Crippen LogP contribution >= 0.6 is 0 Å². The summed E-state index contributed by atoms with van der Waals surface area (Å²) < 4.78 is 1.79. The van der Waals surface area contributed by atoms with E-state index in [0.717, 1.165) is 35.4 Å². The highest BCUT2D eigenvalue weighted by atomic mass is 16.3. The fraction of sp³-hybridized carbons (Fsp3) is 0.267. The van der Waals surface area contributed by atoms with Gasteiger partial charge in [0.2, 0.25) is 5.96 Å². The summed E-state index contributed by atoms with van der Waals surface area (Å²) in [6, 6.07) is 20.5.